The van der Waals surface area contributed by atoms with Crippen LogP contribution in [-0.2, 0) is 11.2 Å². The van der Waals surface area contributed by atoms with E-state index >= 15 is 0 Å². The van der Waals surface area contributed by atoms with Crippen molar-refractivity contribution in [2.24, 2.45) is 0 Å². The maximum absolute atomic E-state index is 12.1. The van der Waals surface area contributed by atoms with Crippen LogP contribution in [0, 0.1) is 0 Å². The number of ether oxygens (including phenoxy) is 2. The van der Waals surface area contributed by atoms with Gasteiger partial charge in [0.25, 0.3) is 0 Å². The van der Waals surface area contributed by atoms with Gasteiger partial charge in [-0.3, -0.25) is 4.79 Å². The van der Waals surface area contributed by atoms with Gasteiger partial charge in [0.1, 0.15) is 13.2 Å². The van der Waals surface area contributed by atoms with Gasteiger partial charge in [0.05, 0.1) is 12.1 Å². The van der Waals surface area contributed by atoms with Crippen LogP contribution < -0.4 is 14.8 Å². The molecule has 0 spiro atoms. The van der Waals surface area contributed by atoms with E-state index in [2.05, 4.69) is 16.5 Å². The van der Waals surface area contributed by atoms with Crippen LogP contribution >= 0.6 is 0 Å². The first kappa shape index (κ1) is 17.6. The Bertz CT molecular complexity index is 840. The third-order valence-corrected chi connectivity index (χ3v) is 4.88. The molecule has 6 heteroatoms. The Kier molecular flexibility index (Phi) is 5.42. The third kappa shape index (κ3) is 4.51. The van der Waals surface area contributed by atoms with Gasteiger partial charge < -0.3 is 19.3 Å². The molecule has 6 nitrogen and oxygen atoms in total. The first-order valence-corrected chi connectivity index (χ1v) is 9.58. The van der Waals surface area contributed by atoms with Gasteiger partial charge in [-0.15, -0.1) is 0 Å². The number of hydrogen-bond donors (Lipinski definition) is 1. The van der Waals surface area contributed by atoms with Gasteiger partial charge in [-0.25, -0.2) is 0 Å². The van der Waals surface area contributed by atoms with E-state index in [4.69, 9.17) is 14.0 Å². The minimum Gasteiger partial charge on any atom is -0.486 e. The molecule has 0 saturated carbocycles. The van der Waals surface area contributed by atoms with Crippen molar-refractivity contribution >= 4 is 5.91 Å². The molecule has 27 heavy (non-hydrogen) atoms. The van der Waals surface area contributed by atoms with Gasteiger partial charge in [0.2, 0.25) is 5.91 Å². The molecule has 4 rings (SSSR count). The lowest BCUT2D eigenvalue weighted by Crippen LogP contribution is -2.26. The molecule has 142 valence electrons. The summed E-state index contributed by atoms with van der Waals surface area (Å²) in [6, 6.07) is 7.43. The summed E-state index contributed by atoms with van der Waals surface area (Å²) >= 11 is 0. The maximum atomic E-state index is 12.1. The number of hydrogen-bond acceptors (Lipinski definition) is 5. The molecule has 1 aliphatic heterocycles. The molecule has 0 unspecified atom stereocenters. The molecule has 0 radical (unpaired) electrons. The lowest BCUT2D eigenvalue weighted by molar-refractivity contribution is -0.120. The molecule has 2 aliphatic rings. The molecule has 2 aromatic rings. The summed E-state index contributed by atoms with van der Waals surface area (Å²) < 4.78 is 16.5. The largest absolute Gasteiger partial charge is 0.486 e. The van der Waals surface area contributed by atoms with Crippen molar-refractivity contribution in [3.8, 4) is 22.8 Å². The predicted octanol–water partition coefficient (Wildman–Crippen LogP) is 3.66. The molecule has 2 heterocycles. The van der Waals surface area contributed by atoms with Crippen molar-refractivity contribution in [3.05, 3.63) is 41.6 Å². The van der Waals surface area contributed by atoms with Crippen LogP contribution in [0.15, 0.2) is 40.4 Å². The van der Waals surface area contributed by atoms with Crippen LogP contribution in [0.5, 0.6) is 11.5 Å². The highest BCUT2D eigenvalue weighted by molar-refractivity contribution is 5.78. The van der Waals surface area contributed by atoms with Crippen LogP contribution in [-0.4, -0.2) is 30.8 Å². The molecule has 0 saturated heterocycles. The number of fused-ring (bicyclic) bond motifs is 1. The fourth-order valence-electron chi connectivity index (χ4n) is 3.45. The summed E-state index contributed by atoms with van der Waals surface area (Å²) in [5.41, 5.74) is 2.93. The Labute approximate surface area is 158 Å². The summed E-state index contributed by atoms with van der Waals surface area (Å²) in [6.45, 7) is 1.78. The van der Waals surface area contributed by atoms with Crippen molar-refractivity contribution in [2.45, 2.75) is 38.5 Å². The molecule has 0 atom stereocenters. The fraction of sp³-hybridized carbons (Fsp3) is 0.429. The van der Waals surface area contributed by atoms with Gasteiger partial charge in [0.15, 0.2) is 17.3 Å². The molecule has 1 aromatic carbocycles. The van der Waals surface area contributed by atoms with E-state index in [-0.39, 0.29) is 12.3 Å². The normalized spacial score (nSPS) is 15.9. The number of carbonyl (C=O) groups excluding carboxylic acids is 1. The minimum atomic E-state index is -0.0339. The second-order valence-corrected chi connectivity index (χ2v) is 6.93. The summed E-state index contributed by atoms with van der Waals surface area (Å²) in [6.07, 6.45) is 8.35. The molecule has 1 aromatic heterocycles. The lowest BCUT2D eigenvalue weighted by atomic mass is 9.97. The number of carbonyl (C=O) groups is 1. The monoisotopic (exact) mass is 368 g/mol. The molecular weight excluding hydrogens is 344 g/mol. The third-order valence-electron chi connectivity index (χ3n) is 4.88. The van der Waals surface area contributed by atoms with E-state index in [9.17, 15) is 4.79 Å². The van der Waals surface area contributed by atoms with Crippen LogP contribution in [0.25, 0.3) is 11.3 Å². The standard InChI is InChI=1S/C21H24N2O4/c24-21(22-9-8-15-4-2-1-3-5-15)14-17-13-19(27-23-17)16-6-7-18-20(12-16)26-11-10-25-18/h4,6-7,12-13H,1-3,5,8-11,14H2,(H,22,24). The zero-order valence-electron chi connectivity index (χ0n) is 15.3. The van der Waals surface area contributed by atoms with Crippen LogP contribution in [0.2, 0.25) is 0 Å². The minimum absolute atomic E-state index is 0.0339. The van der Waals surface area contributed by atoms with Crippen LogP contribution in [0.4, 0.5) is 0 Å². The Morgan fingerprint density at radius 3 is 2.85 bits per heavy atom. The predicted molar refractivity (Wildman–Crippen MR) is 101 cm³/mol. The SMILES string of the molecule is O=C(Cc1cc(-c2ccc3c(c2)OCCO3)on1)NCCC1=CCCCC1. The Balaban J connectivity index is 1.31. The maximum Gasteiger partial charge on any atom is 0.226 e. The number of nitrogens with zero attached hydrogens (tertiary/aromatic N) is 1. The van der Waals surface area contributed by atoms with Crippen molar-refractivity contribution in [1.29, 1.82) is 0 Å². The average molecular weight is 368 g/mol. The second kappa shape index (κ2) is 8.29. The highest BCUT2D eigenvalue weighted by atomic mass is 16.6. The van der Waals surface area contributed by atoms with E-state index in [1.807, 2.05) is 18.2 Å². The van der Waals surface area contributed by atoms with E-state index in [0.717, 1.165) is 24.2 Å². The Morgan fingerprint density at radius 2 is 2.00 bits per heavy atom. The molecule has 1 N–H and O–H groups in total. The number of rotatable bonds is 6. The second-order valence-electron chi connectivity index (χ2n) is 6.93. The van der Waals surface area contributed by atoms with Gasteiger partial charge in [-0.05, 0) is 50.3 Å². The van der Waals surface area contributed by atoms with Gasteiger partial charge in [0, 0.05) is 18.2 Å². The van der Waals surface area contributed by atoms with Crippen LogP contribution in [0.3, 0.4) is 0 Å². The molecule has 1 aliphatic carbocycles. The first-order valence-electron chi connectivity index (χ1n) is 9.58. The lowest BCUT2D eigenvalue weighted by Gasteiger charge is -2.18. The first-order chi connectivity index (χ1) is 13.3. The highest BCUT2D eigenvalue weighted by Gasteiger charge is 2.15. The summed E-state index contributed by atoms with van der Waals surface area (Å²) in [5.74, 6) is 2.01. The molecule has 0 bridgehead atoms. The smallest absolute Gasteiger partial charge is 0.226 e. The van der Waals surface area contributed by atoms with E-state index in [1.54, 1.807) is 6.07 Å². The summed E-state index contributed by atoms with van der Waals surface area (Å²) in [5, 5.41) is 6.99. The summed E-state index contributed by atoms with van der Waals surface area (Å²) in [4.78, 5) is 12.1. The quantitative estimate of drug-likeness (QED) is 0.788. The van der Waals surface area contributed by atoms with Crippen LogP contribution in [0.1, 0.15) is 37.8 Å². The van der Waals surface area contributed by atoms with E-state index in [1.165, 1.54) is 24.8 Å². The average Bonchev–Trinajstić information content (AvgIpc) is 3.17. The number of allylic oxidation sites excluding steroid dienone is 1. The highest BCUT2D eigenvalue weighted by Crippen LogP contribution is 2.34. The van der Waals surface area contributed by atoms with Crippen molar-refractivity contribution in [2.75, 3.05) is 19.8 Å². The molecule has 0 fully saturated rings. The van der Waals surface area contributed by atoms with Crippen molar-refractivity contribution in [1.82, 2.24) is 10.5 Å². The fourth-order valence-corrected chi connectivity index (χ4v) is 3.45. The van der Waals surface area contributed by atoms with E-state index in [0.29, 0.717) is 37.0 Å². The topological polar surface area (TPSA) is 73.6 Å². The molecule has 1 amide bonds. The van der Waals surface area contributed by atoms with Crippen molar-refractivity contribution in [3.63, 3.8) is 0 Å². The number of benzene rings is 1. The van der Waals surface area contributed by atoms with Gasteiger partial charge >= 0.3 is 0 Å². The zero-order valence-corrected chi connectivity index (χ0v) is 15.3. The van der Waals surface area contributed by atoms with E-state index < -0.39 is 0 Å². The van der Waals surface area contributed by atoms with Gasteiger partial charge in [-0.2, -0.15) is 0 Å². The number of nitrogens with one attached hydrogen (secondary N) is 1. The molecular formula is C21H24N2O4. The van der Waals surface area contributed by atoms with Crippen molar-refractivity contribution < 1.29 is 18.8 Å². The zero-order chi connectivity index (χ0) is 18.5. The Hall–Kier alpha value is -2.76. The van der Waals surface area contributed by atoms with Gasteiger partial charge in [-0.1, -0.05) is 16.8 Å². The Morgan fingerprint density at radius 1 is 1.11 bits per heavy atom. The number of amides is 1. The summed E-state index contributed by atoms with van der Waals surface area (Å²) in [7, 11) is 0. The number of aromatic nitrogens is 1.